The molecule has 1 heterocycles. The van der Waals surface area contributed by atoms with Gasteiger partial charge in [-0.1, -0.05) is 48.0 Å². The third-order valence-corrected chi connectivity index (χ3v) is 4.08. The van der Waals surface area contributed by atoms with Crippen LogP contribution in [-0.4, -0.2) is 6.54 Å². The normalized spacial score (nSPS) is 18.7. The van der Waals surface area contributed by atoms with Gasteiger partial charge in [-0.2, -0.15) is 0 Å². The van der Waals surface area contributed by atoms with E-state index < -0.39 is 0 Å². The third kappa shape index (κ3) is 2.57. The molecule has 98 valence electrons. The molecule has 0 saturated carbocycles. The van der Waals surface area contributed by atoms with Crippen LogP contribution in [0.2, 0.25) is 0 Å². The molecular weight excluding hydrogens is 230 g/mol. The Balaban J connectivity index is 1.91. The van der Waals surface area contributed by atoms with Crippen LogP contribution in [-0.2, 0) is 0 Å². The van der Waals surface area contributed by atoms with Crippen LogP contribution in [0.3, 0.4) is 0 Å². The topological polar surface area (TPSA) is 12.0 Å². The van der Waals surface area contributed by atoms with Gasteiger partial charge in [0.05, 0.1) is 0 Å². The monoisotopic (exact) mass is 251 g/mol. The van der Waals surface area contributed by atoms with Crippen LogP contribution in [0.1, 0.15) is 35.6 Å². The van der Waals surface area contributed by atoms with Crippen LogP contribution < -0.4 is 5.32 Å². The number of aryl methyl sites for hydroxylation is 2. The number of nitrogens with one attached hydrogen (secondary N) is 1. The van der Waals surface area contributed by atoms with Gasteiger partial charge in [0.1, 0.15) is 0 Å². The van der Waals surface area contributed by atoms with Crippen LogP contribution >= 0.6 is 0 Å². The Labute approximate surface area is 115 Å². The Morgan fingerprint density at radius 1 is 1.00 bits per heavy atom. The van der Waals surface area contributed by atoms with Crippen molar-refractivity contribution in [2.45, 2.75) is 32.7 Å². The van der Waals surface area contributed by atoms with E-state index in [2.05, 4.69) is 61.6 Å². The Bertz CT molecular complexity index is 563. The lowest BCUT2D eigenvalue weighted by Gasteiger charge is -2.12. The van der Waals surface area contributed by atoms with Crippen molar-refractivity contribution in [2.24, 2.45) is 0 Å². The highest BCUT2D eigenvalue weighted by Gasteiger charge is 2.15. The molecule has 1 fully saturated rings. The summed E-state index contributed by atoms with van der Waals surface area (Å²) in [5.74, 6) is 0. The van der Waals surface area contributed by atoms with Crippen molar-refractivity contribution in [1.29, 1.82) is 0 Å². The van der Waals surface area contributed by atoms with Crippen molar-refractivity contribution in [2.75, 3.05) is 6.54 Å². The summed E-state index contributed by atoms with van der Waals surface area (Å²) in [5, 5.41) is 3.55. The molecule has 2 aromatic carbocycles. The first-order valence-electron chi connectivity index (χ1n) is 7.15. The minimum atomic E-state index is 0.563. The summed E-state index contributed by atoms with van der Waals surface area (Å²) in [5.41, 5.74) is 6.76. The van der Waals surface area contributed by atoms with Gasteiger partial charge in [-0.25, -0.2) is 0 Å². The second-order valence-corrected chi connectivity index (χ2v) is 5.59. The molecule has 1 atom stereocenters. The van der Waals surface area contributed by atoms with Gasteiger partial charge in [-0.3, -0.25) is 0 Å². The summed E-state index contributed by atoms with van der Waals surface area (Å²) < 4.78 is 0. The van der Waals surface area contributed by atoms with Gasteiger partial charge in [0, 0.05) is 6.04 Å². The standard InChI is InChI=1S/C18H21N/c1-13-5-6-14(2)17(12-13)15-7-9-16(10-8-15)18-4-3-11-19-18/h5-10,12,18-19H,3-4,11H2,1-2H3. The van der Waals surface area contributed by atoms with Gasteiger partial charge in [0.15, 0.2) is 0 Å². The number of benzene rings is 2. The molecular formula is C18H21N. The summed E-state index contributed by atoms with van der Waals surface area (Å²) >= 11 is 0. The van der Waals surface area contributed by atoms with Gasteiger partial charge in [-0.05, 0) is 55.5 Å². The van der Waals surface area contributed by atoms with Crippen LogP contribution in [0.4, 0.5) is 0 Å². The molecule has 1 aliphatic heterocycles. The van der Waals surface area contributed by atoms with Gasteiger partial charge >= 0.3 is 0 Å². The Morgan fingerprint density at radius 3 is 2.47 bits per heavy atom. The first-order valence-corrected chi connectivity index (χ1v) is 7.15. The Hall–Kier alpha value is -1.60. The smallest absolute Gasteiger partial charge is 0.0320 e. The molecule has 1 aliphatic rings. The number of hydrogen-bond acceptors (Lipinski definition) is 1. The summed E-state index contributed by atoms with van der Waals surface area (Å²) in [6.45, 7) is 5.49. The first kappa shape index (κ1) is 12.4. The SMILES string of the molecule is Cc1ccc(C)c(-c2ccc(C3CCCN3)cc2)c1. The molecule has 1 saturated heterocycles. The van der Waals surface area contributed by atoms with E-state index in [1.54, 1.807) is 0 Å². The predicted molar refractivity (Wildman–Crippen MR) is 81.3 cm³/mol. The van der Waals surface area contributed by atoms with Crippen LogP contribution in [0.25, 0.3) is 11.1 Å². The lowest BCUT2D eigenvalue weighted by atomic mass is 9.96. The molecule has 3 rings (SSSR count). The average Bonchev–Trinajstić information content (AvgIpc) is 2.96. The third-order valence-electron chi connectivity index (χ3n) is 4.08. The van der Waals surface area contributed by atoms with Gasteiger partial charge in [-0.15, -0.1) is 0 Å². The molecule has 1 N–H and O–H groups in total. The van der Waals surface area contributed by atoms with E-state index in [-0.39, 0.29) is 0 Å². The second-order valence-electron chi connectivity index (χ2n) is 5.59. The molecule has 0 aliphatic carbocycles. The zero-order valence-corrected chi connectivity index (χ0v) is 11.7. The average molecular weight is 251 g/mol. The number of rotatable bonds is 2. The van der Waals surface area contributed by atoms with Gasteiger partial charge in [0.2, 0.25) is 0 Å². The lowest BCUT2D eigenvalue weighted by Crippen LogP contribution is -2.12. The summed E-state index contributed by atoms with van der Waals surface area (Å²) in [4.78, 5) is 0. The van der Waals surface area contributed by atoms with Crippen molar-refractivity contribution in [3.63, 3.8) is 0 Å². The number of hydrogen-bond donors (Lipinski definition) is 1. The van der Waals surface area contributed by atoms with Crippen LogP contribution in [0.5, 0.6) is 0 Å². The maximum absolute atomic E-state index is 3.55. The zero-order valence-electron chi connectivity index (χ0n) is 11.7. The van der Waals surface area contributed by atoms with Crippen molar-refractivity contribution in [1.82, 2.24) is 5.32 Å². The van der Waals surface area contributed by atoms with Crippen molar-refractivity contribution < 1.29 is 0 Å². The Kier molecular flexibility index (Phi) is 3.39. The molecule has 1 unspecified atom stereocenters. The maximum Gasteiger partial charge on any atom is 0.0320 e. The highest BCUT2D eigenvalue weighted by atomic mass is 14.9. The summed E-state index contributed by atoms with van der Waals surface area (Å²) in [6, 6.07) is 16.3. The summed E-state index contributed by atoms with van der Waals surface area (Å²) in [7, 11) is 0. The fraction of sp³-hybridized carbons (Fsp3) is 0.333. The van der Waals surface area contributed by atoms with E-state index in [4.69, 9.17) is 0 Å². The molecule has 0 spiro atoms. The molecule has 0 aromatic heterocycles. The van der Waals surface area contributed by atoms with Gasteiger partial charge < -0.3 is 5.32 Å². The van der Waals surface area contributed by atoms with Crippen LogP contribution in [0.15, 0.2) is 42.5 Å². The molecule has 1 heteroatoms. The molecule has 0 bridgehead atoms. The lowest BCUT2D eigenvalue weighted by molar-refractivity contribution is 0.648. The van der Waals surface area contributed by atoms with E-state index in [1.165, 1.54) is 40.7 Å². The minimum Gasteiger partial charge on any atom is -0.310 e. The van der Waals surface area contributed by atoms with Crippen molar-refractivity contribution in [3.8, 4) is 11.1 Å². The fourth-order valence-corrected chi connectivity index (χ4v) is 2.91. The van der Waals surface area contributed by atoms with E-state index in [0.29, 0.717) is 6.04 Å². The first-order chi connectivity index (χ1) is 9.24. The van der Waals surface area contributed by atoms with E-state index in [0.717, 1.165) is 6.54 Å². The molecule has 19 heavy (non-hydrogen) atoms. The quantitative estimate of drug-likeness (QED) is 0.834. The molecule has 0 radical (unpaired) electrons. The second kappa shape index (κ2) is 5.18. The summed E-state index contributed by atoms with van der Waals surface area (Å²) in [6.07, 6.45) is 2.56. The van der Waals surface area contributed by atoms with Crippen molar-refractivity contribution in [3.05, 3.63) is 59.2 Å². The van der Waals surface area contributed by atoms with E-state index in [9.17, 15) is 0 Å². The van der Waals surface area contributed by atoms with E-state index >= 15 is 0 Å². The fourth-order valence-electron chi connectivity index (χ4n) is 2.91. The van der Waals surface area contributed by atoms with Crippen molar-refractivity contribution >= 4 is 0 Å². The molecule has 1 nitrogen and oxygen atoms in total. The molecule has 0 amide bonds. The molecule has 2 aromatic rings. The zero-order chi connectivity index (χ0) is 13.2. The Morgan fingerprint density at radius 2 is 1.79 bits per heavy atom. The highest BCUT2D eigenvalue weighted by Crippen LogP contribution is 2.28. The largest absolute Gasteiger partial charge is 0.310 e. The van der Waals surface area contributed by atoms with E-state index in [1.807, 2.05) is 0 Å². The highest BCUT2D eigenvalue weighted by molar-refractivity contribution is 5.68. The predicted octanol–water partition coefficient (Wildman–Crippen LogP) is 4.39. The van der Waals surface area contributed by atoms with Gasteiger partial charge in [0.25, 0.3) is 0 Å². The van der Waals surface area contributed by atoms with Crippen LogP contribution in [0, 0.1) is 13.8 Å². The maximum atomic E-state index is 3.55. The minimum absolute atomic E-state index is 0.563.